The molecule has 0 saturated carbocycles. The molecule has 7 atom stereocenters. The minimum atomic E-state index is -1.19. The summed E-state index contributed by atoms with van der Waals surface area (Å²) in [4.78, 5) is 48.9. The summed E-state index contributed by atoms with van der Waals surface area (Å²) in [7, 11) is 0. The van der Waals surface area contributed by atoms with E-state index in [1.165, 1.54) is 0 Å². The number of nitrogens with zero attached hydrogens (tertiary/aromatic N) is 3. The van der Waals surface area contributed by atoms with Crippen LogP contribution < -0.4 is 9.64 Å². The van der Waals surface area contributed by atoms with Crippen molar-refractivity contribution in [3.63, 3.8) is 0 Å². The van der Waals surface area contributed by atoms with Crippen molar-refractivity contribution in [3.8, 4) is 5.75 Å². The molecule has 1 spiro atoms. The van der Waals surface area contributed by atoms with Gasteiger partial charge < -0.3 is 29.3 Å². The van der Waals surface area contributed by atoms with E-state index in [9.17, 15) is 19.5 Å². The molecule has 0 radical (unpaired) electrons. The summed E-state index contributed by atoms with van der Waals surface area (Å²) in [6.45, 7) is 19.0. The lowest BCUT2D eigenvalue weighted by molar-refractivity contribution is -0.155. The maximum atomic E-state index is 14.7. The highest BCUT2D eigenvalue weighted by Crippen LogP contribution is 2.66. The Labute approximate surface area is 262 Å². The zero-order valence-electron chi connectivity index (χ0n) is 27.2. The number of carbonyl (C=O) groups is 3. The summed E-state index contributed by atoms with van der Waals surface area (Å²) < 4.78 is 12.6. The molecule has 3 heterocycles. The number of amides is 3. The molecule has 3 fully saturated rings. The predicted octanol–water partition coefficient (Wildman–Crippen LogP) is 4.59. The number of anilines is 1. The van der Waals surface area contributed by atoms with Crippen LogP contribution in [0.4, 0.5) is 5.69 Å². The van der Waals surface area contributed by atoms with Crippen LogP contribution in [0.2, 0.25) is 0 Å². The number of aliphatic hydroxyl groups is 1. The summed E-state index contributed by atoms with van der Waals surface area (Å²) in [6.07, 6.45) is 7.13. The van der Waals surface area contributed by atoms with E-state index >= 15 is 0 Å². The van der Waals surface area contributed by atoms with Crippen molar-refractivity contribution in [3.05, 3.63) is 49.6 Å². The Morgan fingerprint density at radius 3 is 2.39 bits per heavy atom. The first-order valence-corrected chi connectivity index (χ1v) is 16.3. The molecule has 3 aliphatic heterocycles. The lowest BCUT2D eigenvalue weighted by Crippen LogP contribution is -2.59. The molecule has 1 aromatic carbocycles. The molecule has 242 valence electrons. The molecule has 3 aliphatic rings. The van der Waals surface area contributed by atoms with Gasteiger partial charge in [0.1, 0.15) is 17.4 Å². The number of fused-ring (bicyclic) bond motifs is 1. The topological polar surface area (TPSA) is 99.6 Å². The van der Waals surface area contributed by atoms with E-state index < -0.39 is 35.1 Å². The predicted molar refractivity (Wildman–Crippen MR) is 171 cm³/mol. The standard InChI is InChI=1S/C35H51N3O6/c1-8-13-14-21-36(19-9-2)33(42)30-35-22-24(6)34(7,44-35)28(29(35)32(41)38(30)25(11-4)23-39)31(40)37(20-10-3)26-15-17-27(18-16-26)43-12-5/h9-10,15-18,24-25,28-30,39H,2-3,8,11-14,19-23H2,1,4-7H3/t24?,25-,28-,29-,30?,34+,35?/m0/s1. The molecular formula is C35H51N3O6. The number of benzene rings is 1. The van der Waals surface area contributed by atoms with Crippen molar-refractivity contribution in [1.29, 1.82) is 0 Å². The third-order valence-corrected chi connectivity index (χ3v) is 10.1. The minimum absolute atomic E-state index is 0.0937. The number of hydrogen-bond donors (Lipinski definition) is 1. The van der Waals surface area contributed by atoms with Crippen molar-refractivity contribution in [2.75, 3.05) is 37.7 Å². The van der Waals surface area contributed by atoms with E-state index in [1.807, 2.05) is 52.0 Å². The number of likely N-dealkylation sites (tertiary alicyclic amines) is 1. The van der Waals surface area contributed by atoms with Gasteiger partial charge in [0.2, 0.25) is 17.7 Å². The fraction of sp³-hybridized carbons (Fsp3) is 0.629. The smallest absolute Gasteiger partial charge is 0.248 e. The molecule has 44 heavy (non-hydrogen) atoms. The second-order valence-electron chi connectivity index (χ2n) is 12.6. The van der Waals surface area contributed by atoms with Crippen LogP contribution in [0.25, 0.3) is 0 Å². The molecule has 3 unspecified atom stereocenters. The van der Waals surface area contributed by atoms with Gasteiger partial charge in [-0.2, -0.15) is 0 Å². The second-order valence-corrected chi connectivity index (χ2v) is 12.6. The van der Waals surface area contributed by atoms with Gasteiger partial charge in [0, 0.05) is 25.3 Å². The Bertz CT molecular complexity index is 1220. The molecule has 4 rings (SSSR count). The summed E-state index contributed by atoms with van der Waals surface area (Å²) in [5, 5.41) is 10.4. The molecule has 0 aliphatic carbocycles. The zero-order chi connectivity index (χ0) is 32.2. The number of aliphatic hydroxyl groups excluding tert-OH is 1. The molecule has 1 aromatic rings. The van der Waals surface area contributed by atoms with Crippen molar-refractivity contribution < 1.29 is 29.0 Å². The van der Waals surface area contributed by atoms with E-state index in [4.69, 9.17) is 9.47 Å². The third-order valence-electron chi connectivity index (χ3n) is 10.1. The van der Waals surface area contributed by atoms with Gasteiger partial charge in [0.05, 0.1) is 36.7 Å². The summed E-state index contributed by atoms with van der Waals surface area (Å²) in [5.41, 5.74) is -1.48. The zero-order valence-corrected chi connectivity index (χ0v) is 27.2. The van der Waals surface area contributed by atoms with Crippen LogP contribution in [0.3, 0.4) is 0 Å². The van der Waals surface area contributed by atoms with E-state index in [1.54, 1.807) is 26.9 Å². The molecule has 9 nitrogen and oxygen atoms in total. The Morgan fingerprint density at radius 2 is 1.82 bits per heavy atom. The van der Waals surface area contributed by atoms with Crippen LogP contribution in [-0.2, 0) is 19.1 Å². The van der Waals surface area contributed by atoms with Crippen LogP contribution >= 0.6 is 0 Å². The summed E-state index contributed by atoms with van der Waals surface area (Å²) in [5.74, 6) is -1.82. The van der Waals surface area contributed by atoms with Crippen LogP contribution in [0.1, 0.15) is 66.7 Å². The normalized spacial score (nSPS) is 29.3. The number of carbonyl (C=O) groups excluding carboxylic acids is 3. The fourth-order valence-corrected chi connectivity index (χ4v) is 7.82. The summed E-state index contributed by atoms with van der Waals surface area (Å²) >= 11 is 0. The highest BCUT2D eigenvalue weighted by atomic mass is 16.5. The van der Waals surface area contributed by atoms with Gasteiger partial charge >= 0.3 is 0 Å². The minimum Gasteiger partial charge on any atom is -0.494 e. The summed E-state index contributed by atoms with van der Waals surface area (Å²) in [6, 6.07) is 5.79. The maximum Gasteiger partial charge on any atom is 0.248 e. The van der Waals surface area contributed by atoms with E-state index in [-0.39, 0.29) is 36.8 Å². The van der Waals surface area contributed by atoms with Crippen molar-refractivity contribution in [2.24, 2.45) is 17.8 Å². The van der Waals surface area contributed by atoms with Crippen LogP contribution in [-0.4, -0.2) is 88.8 Å². The second kappa shape index (κ2) is 13.9. The largest absolute Gasteiger partial charge is 0.494 e. The van der Waals surface area contributed by atoms with E-state index in [2.05, 4.69) is 20.1 Å². The number of ether oxygens (including phenoxy) is 2. The van der Waals surface area contributed by atoms with Gasteiger partial charge in [-0.25, -0.2) is 0 Å². The maximum absolute atomic E-state index is 14.7. The van der Waals surface area contributed by atoms with Gasteiger partial charge in [0.25, 0.3) is 0 Å². The lowest BCUT2D eigenvalue weighted by atomic mass is 9.62. The van der Waals surface area contributed by atoms with Gasteiger partial charge in [0.15, 0.2) is 0 Å². The molecule has 9 heteroatoms. The molecule has 3 saturated heterocycles. The first-order valence-electron chi connectivity index (χ1n) is 16.3. The van der Waals surface area contributed by atoms with E-state index in [0.717, 1.165) is 19.3 Å². The van der Waals surface area contributed by atoms with Crippen molar-refractivity contribution in [2.45, 2.75) is 90.0 Å². The molecule has 1 N–H and O–H groups in total. The van der Waals surface area contributed by atoms with E-state index in [0.29, 0.717) is 44.0 Å². The molecule has 0 aromatic heterocycles. The quantitative estimate of drug-likeness (QED) is 0.218. The number of unbranched alkanes of at least 4 members (excludes halogenated alkanes) is 2. The highest BCUT2D eigenvalue weighted by molar-refractivity contribution is 6.03. The Balaban J connectivity index is 1.81. The van der Waals surface area contributed by atoms with Crippen molar-refractivity contribution >= 4 is 23.4 Å². The average Bonchev–Trinajstić information content (AvgIpc) is 3.53. The monoisotopic (exact) mass is 609 g/mol. The van der Waals surface area contributed by atoms with Gasteiger partial charge in [-0.05, 0) is 63.3 Å². The SMILES string of the molecule is C=CCN(CCCCC)C(=O)C1N([C@@H](CC)CO)C(=O)[C@@H]2[C@@H](C(=O)N(CC=C)c3ccc(OCC)cc3)[C@]3(C)OC12CC3C. The Kier molecular flexibility index (Phi) is 10.6. The van der Waals surface area contributed by atoms with Gasteiger partial charge in [-0.15, -0.1) is 13.2 Å². The highest BCUT2D eigenvalue weighted by Gasteiger charge is 2.80. The van der Waals surface area contributed by atoms with Gasteiger partial charge in [-0.1, -0.05) is 45.8 Å². The first kappa shape index (κ1) is 33.7. The number of rotatable bonds is 16. The lowest BCUT2D eigenvalue weighted by Gasteiger charge is -2.39. The molecular weight excluding hydrogens is 558 g/mol. The van der Waals surface area contributed by atoms with Gasteiger partial charge in [-0.3, -0.25) is 14.4 Å². The van der Waals surface area contributed by atoms with Crippen LogP contribution in [0.15, 0.2) is 49.6 Å². The average molecular weight is 610 g/mol. The number of hydrogen-bond acceptors (Lipinski definition) is 6. The Hall–Kier alpha value is -3.17. The Morgan fingerprint density at radius 1 is 1.14 bits per heavy atom. The first-order chi connectivity index (χ1) is 21.1. The fourth-order valence-electron chi connectivity index (χ4n) is 7.82. The van der Waals surface area contributed by atoms with Crippen LogP contribution in [0, 0.1) is 17.8 Å². The van der Waals surface area contributed by atoms with Crippen LogP contribution in [0.5, 0.6) is 5.75 Å². The third kappa shape index (κ3) is 5.58. The molecule has 2 bridgehead atoms. The van der Waals surface area contributed by atoms with Crippen molar-refractivity contribution in [1.82, 2.24) is 9.80 Å². The molecule has 3 amide bonds.